The van der Waals surface area contributed by atoms with Crippen molar-refractivity contribution >= 4 is 23.4 Å². The standard InChI is InChI=1S/C22H22N4O4S/c1-5-18(27)26-16-9-7-6-8-14(16)19-20(23-22(31-4)25-24-19)30-21(26)15-12-13(28-2)10-11-17(15)29-3/h6-12,21H,5H2,1-4H3. The summed E-state index contributed by atoms with van der Waals surface area (Å²) in [5.74, 6) is 1.36. The summed E-state index contributed by atoms with van der Waals surface area (Å²) < 4.78 is 17.4. The molecule has 0 bridgehead atoms. The van der Waals surface area contributed by atoms with E-state index in [9.17, 15) is 4.79 Å². The van der Waals surface area contributed by atoms with Gasteiger partial charge in [0.15, 0.2) is 5.69 Å². The SMILES string of the molecule is CCC(=O)N1c2ccccc2-c2nnc(SC)nc2OC1c1cc(OC)ccc1OC. The quantitative estimate of drug-likeness (QED) is 0.550. The molecule has 1 amide bonds. The van der Waals surface area contributed by atoms with Gasteiger partial charge in [-0.25, -0.2) is 0 Å². The highest BCUT2D eigenvalue weighted by molar-refractivity contribution is 7.98. The van der Waals surface area contributed by atoms with Crippen LogP contribution in [0.4, 0.5) is 5.69 Å². The van der Waals surface area contributed by atoms with Crippen molar-refractivity contribution in [2.24, 2.45) is 0 Å². The predicted molar refractivity (Wildman–Crippen MR) is 118 cm³/mol. The Morgan fingerprint density at radius 2 is 1.97 bits per heavy atom. The highest BCUT2D eigenvalue weighted by Crippen LogP contribution is 2.45. The maximum Gasteiger partial charge on any atom is 0.247 e. The van der Waals surface area contributed by atoms with E-state index in [2.05, 4.69) is 15.2 Å². The third-order valence-corrected chi connectivity index (χ3v) is 5.51. The molecule has 0 fully saturated rings. The van der Waals surface area contributed by atoms with Gasteiger partial charge in [-0.3, -0.25) is 9.69 Å². The molecule has 1 aliphatic rings. The molecule has 2 aromatic carbocycles. The highest BCUT2D eigenvalue weighted by atomic mass is 32.2. The maximum absolute atomic E-state index is 13.2. The van der Waals surface area contributed by atoms with E-state index in [4.69, 9.17) is 14.2 Å². The number of para-hydroxylation sites is 1. The van der Waals surface area contributed by atoms with E-state index in [-0.39, 0.29) is 12.3 Å². The van der Waals surface area contributed by atoms with E-state index in [1.165, 1.54) is 11.8 Å². The van der Waals surface area contributed by atoms with Gasteiger partial charge in [0.1, 0.15) is 11.5 Å². The number of ether oxygens (including phenoxy) is 3. The molecule has 0 saturated heterocycles. The normalized spacial score (nSPS) is 14.7. The van der Waals surface area contributed by atoms with Crippen molar-refractivity contribution < 1.29 is 19.0 Å². The minimum absolute atomic E-state index is 0.117. The van der Waals surface area contributed by atoms with Gasteiger partial charge in [-0.05, 0) is 30.5 Å². The van der Waals surface area contributed by atoms with Crippen LogP contribution >= 0.6 is 11.8 Å². The molecule has 0 aliphatic carbocycles. The summed E-state index contributed by atoms with van der Waals surface area (Å²) in [4.78, 5) is 19.4. The average molecular weight is 439 g/mol. The molecule has 8 nitrogen and oxygen atoms in total. The lowest BCUT2D eigenvalue weighted by atomic mass is 10.1. The number of anilines is 1. The van der Waals surface area contributed by atoms with E-state index in [1.54, 1.807) is 37.3 Å². The summed E-state index contributed by atoms with van der Waals surface area (Å²) >= 11 is 1.36. The van der Waals surface area contributed by atoms with Crippen molar-refractivity contribution in [2.75, 3.05) is 25.4 Å². The first-order valence-corrected chi connectivity index (χ1v) is 10.9. The number of methoxy groups -OCH3 is 2. The van der Waals surface area contributed by atoms with E-state index in [0.29, 0.717) is 39.5 Å². The van der Waals surface area contributed by atoms with Crippen LogP contribution in [0.15, 0.2) is 47.6 Å². The third kappa shape index (κ3) is 3.76. The van der Waals surface area contributed by atoms with Gasteiger partial charge in [0.25, 0.3) is 0 Å². The second kappa shape index (κ2) is 8.81. The number of hydrogen-bond donors (Lipinski definition) is 0. The van der Waals surface area contributed by atoms with Crippen LogP contribution in [0, 0.1) is 0 Å². The Labute approximate surface area is 184 Å². The number of rotatable bonds is 5. The topological polar surface area (TPSA) is 86.7 Å². The van der Waals surface area contributed by atoms with Gasteiger partial charge < -0.3 is 14.2 Å². The molecule has 1 atom stereocenters. The Balaban J connectivity index is 2.01. The lowest BCUT2D eigenvalue weighted by molar-refractivity contribution is -0.120. The van der Waals surface area contributed by atoms with Crippen molar-refractivity contribution in [3.05, 3.63) is 48.0 Å². The fourth-order valence-corrected chi connectivity index (χ4v) is 3.77. The molecule has 31 heavy (non-hydrogen) atoms. The van der Waals surface area contributed by atoms with Crippen LogP contribution in [-0.2, 0) is 4.79 Å². The van der Waals surface area contributed by atoms with E-state index >= 15 is 0 Å². The average Bonchev–Trinajstić information content (AvgIpc) is 2.97. The summed E-state index contributed by atoms with van der Waals surface area (Å²) in [7, 11) is 3.16. The third-order valence-electron chi connectivity index (χ3n) is 4.97. The Morgan fingerprint density at radius 1 is 1.16 bits per heavy atom. The first-order chi connectivity index (χ1) is 15.1. The van der Waals surface area contributed by atoms with Gasteiger partial charge in [0, 0.05) is 12.0 Å². The molecular weight excluding hydrogens is 416 g/mol. The summed E-state index contributed by atoms with van der Waals surface area (Å²) in [6.45, 7) is 1.81. The van der Waals surface area contributed by atoms with Gasteiger partial charge in [-0.1, -0.05) is 36.9 Å². The first kappa shape index (κ1) is 20.9. The zero-order valence-electron chi connectivity index (χ0n) is 17.7. The van der Waals surface area contributed by atoms with Crippen LogP contribution in [-0.4, -0.2) is 41.6 Å². The van der Waals surface area contributed by atoms with Crippen LogP contribution in [0.1, 0.15) is 25.1 Å². The molecule has 1 aliphatic heterocycles. The van der Waals surface area contributed by atoms with Crippen LogP contribution in [0.25, 0.3) is 11.3 Å². The van der Waals surface area contributed by atoms with Crippen LogP contribution in [0.2, 0.25) is 0 Å². The smallest absolute Gasteiger partial charge is 0.247 e. The molecule has 4 rings (SSSR count). The molecular formula is C22H22N4O4S. The van der Waals surface area contributed by atoms with Crippen LogP contribution in [0.5, 0.6) is 17.4 Å². The molecule has 160 valence electrons. The number of nitrogens with zero attached hydrogens (tertiary/aromatic N) is 4. The van der Waals surface area contributed by atoms with Gasteiger partial charge >= 0.3 is 0 Å². The minimum atomic E-state index is -0.841. The second-order valence-electron chi connectivity index (χ2n) is 6.66. The molecule has 1 unspecified atom stereocenters. The number of aromatic nitrogens is 3. The number of carbonyl (C=O) groups excluding carboxylic acids is 1. The van der Waals surface area contributed by atoms with Crippen LogP contribution < -0.4 is 19.1 Å². The lowest BCUT2D eigenvalue weighted by Crippen LogP contribution is -2.37. The van der Waals surface area contributed by atoms with E-state index in [1.807, 2.05) is 37.4 Å². The number of carbonyl (C=O) groups is 1. The zero-order chi connectivity index (χ0) is 22.0. The second-order valence-corrected chi connectivity index (χ2v) is 7.44. The van der Waals surface area contributed by atoms with Gasteiger partial charge in [0.2, 0.25) is 23.2 Å². The summed E-state index contributed by atoms with van der Waals surface area (Å²) in [5, 5.41) is 9.01. The Hall–Kier alpha value is -3.33. The molecule has 3 aromatic rings. The van der Waals surface area contributed by atoms with Crippen molar-refractivity contribution in [3.8, 4) is 28.6 Å². The molecule has 0 radical (unpaired) electrons. The number of fused-ring (bicyclic) bond motifs is 3. The fourth-order valence-electron chi connectivity index (χ4n) is 3.47. The van der Waals surface area contributed by atoms with Crippen molar-refractivity contribution in [3.63, 3.8) is 0 Å². The van der Waals surface area contributed by atoms with Gasteiger partial charge in [-0.15, -0.1) is 10.2 Å². The molecule has 9 heteroatoms. The molecule has 1 aromatic heterocycles. The van der Waals surface area contributed by atoms with Crippen molar-refractivity contribution in [1.29, 1.82) is 0 Å². The number of amides is 1. The largest absolute Gasteiger partial charge is 0.497 e. The van der Waals surface area contributed by atoms with Crippen molar-refractivity contribution in [1.82, 2.24) is 15.2 Å². The first-order valence-electron chi connectivity index (χ1n) is 9.70. The van der Waals surface area contributed by atoms with Gasteiger partial charge in [0.05, 0.1) is 25.5 Å². The monoisotopic (exact) mass is 438 g/mol. The Kier molecular flexibility index (Phi) is 5.94. The van der Waals surface area contributed by atoms with Gasteiger partial charge in [-0.2, -0.15) is 4.98 Å². The maximum atomic E-state index is 13.2. The van der Waals surface area contributed by atoms with Crippen molar-refractivity contribution in [2.45, 2.75) is 24.7 Å². The summed E-state index contributed by atoms with van der Waals surface area (Å²) in [6.07, 6.45) is 1.31. The minimum Gasteiger partial charge on any atom is -0.497 e. The molecule has 0 spiro atoms. The lowest BCUT2D eigenvalue weighted by Gasteiger charge is -2.31. The molecule has 0 saturated carbocycles. The number of thioether (sulfide) groups is 1. The fraction of sp³-hybridized carbons (Fsp3) is 0.273. The summed E-state index contributed by atoms with van der Waals surface area (Å²) in [5.41, 5.74) is 2.49. The Bertz CT molecular complexity index is 1120. The zero-order valence-corrected chi connectivity index (χ0v) is 18.5. The highest BCUT2D eigenvalue weighted by Gasteiger charge is 2.37. The Morgan fingerprint density at radius 3 is 2.68 bits per heavy atom. The predicted octanol–water partition coefficient (Wildman–Crippen LogP) is 4.11. The number of benzene rings is 2. The number of hydrogen-bond acceptors (Lipinski definition) is 8. The van der Waals surface area contributed by atoms with E-state index in [0.717, 1.165) is 5.56 Å². The molecule has 2 heterocycles. The molecule has 0 N–H and O–H groups in total. The summed E-state index contributed by atoms with van der Waals surface area (Å²) in [6, 6.07) is 12.9. The van der Waals surface area contributed by atoms with E-state index < -0.39 is 6.23 Å². The van der Waals surface area contributed by atoms with Crippen LogP contribution in [0.3, 0.4) is 0 Å².